The normalized spacial score (nSPS) is 26.0. The number of hydrogen-bond acceptors (Lipinski definition) is 9. The number of hydrogen-bond donors (Lipinski definition) is 3. The number of ether oxygens (including phenoxy) is 2. The predicted octanol–water partition coefficient (Wildman–Crippen LogP) is 2.40. The first kappa shape index (κ1) is 29.5. The van der Waals surface area contributed by atoms with E-state index < -0.39 is 71.8 Å². The average Bonchev–Trinajstić information content (AvgIpc) is 3.02. The fourth-order valence-corrected chi connectivity index (χ4v) is 5.66. The molecule has 0 spiro atoms. The van der Waals surface area contributed by atoms with Gasteiger partial charge in [-0.2, -0.15) is 5.09 Å². The molecule has 2 heterocycles. The number of aromatic amines is 1. The number of nitrogens with zero attached hydrogens (tertiary/aromatic N) is 1. The fraction of sp³-hybridized carbons (Fsp3) is 0.476. The van der Waals surface area contributed by atoms with Crippen LogP contribution in [0.15, 0.2) is 46.1 Å². The maximum absolute atomic E-state index is 13.6. The summed E-state index contributed by atoms with van der Waals surface area (Å²) in [5.74, 6) is -1.34. The Morgan fingerprint density at radius 3 is 2.57 bits per heavy atom. The first-order chi connectivity index (χ1) is 17.2. The average molecular weight is 629 g/mol. The van der Waals surface area contributed by atoms with Gasteiger partial charge in [-0.1, -0.05) is 27.5 Å². The standard InChI is InChI=1S/C21H25BrClFN3O9P/c1-11(2)34-18(30)12(3)26-37(32,36-14-6-4-13(24)5-7-14)33-10-15-17(29)21(22,23)19(35-15)27-9-8-16(28)25-20(27)31/h4-9,11-12,15,17,19,29H,10H2,1-3H3,(H,26,32)(H,25,28,31)/t12-,15+,17+,19+,21-,37?/m0/s1. The topological polar surface area (TPSA) is 158 Å². The highest BCUT2D eigenvalue weighted by Crippen LogP contribution is 2.50. The van der Waals surface area contributed by atoms with E-state index in [4.69, 9.17) is 30.1 Å². The zero-order chi connectivity index (χ0) is 27.5. The van der Waals surface area contributed by atoms with Gasteiger partial charge in [0, 0.05) is 12.3 Å². The Kier molecular flexibility index (Phi) is 9.38. The summed E-state index contributed by atoms with van der Waals surface area (Å²) in [6, 6.07) is 4.45. The van der Waals surface area contributed by atoms with Crippen molar-refractivity contribution in [3.05, 3.63) is 63.2 Å². The fourth-order valence-electron chi connectivity index (χ4n) is 3.24. The number of carbonyl (C=O) groups excluding carboxylic acids is 1. The number of esters is 1. The molecule has 3 rings (SSSR count). The van der Waals surface area contributed by atoms with Crippen LogP contribution in [-0.2, 0) is 23.4 Å². The maximum Gasteiger partial charge on any atom is 0.459 e. The molecule has 1 unspecified atom stereocenters. The summed E-state index contributed by atoms with van der Waals surface area (Å²) in [5, 5.41) is 13.2. The van der Waals surface area contributed by atoms with Gasteiger partial charge in [-0.3, -0.25) is 23.7 Å². The van der Waals surface area contributed by atoms with Crippen LogP contribution in [0.4, 0.5) is 4.39 Å². The summed E-state index contributed by atoms with van der Waals surface area (Å²) >= 11 is 9.55. The first-order valence-corrected chi connectivity index (χ1v) is 13.6. The molecule has 1 aliphatic heterocycles. The van der Waals surface area contributed by atoms with Gasteiger partial charge >= 0.3 is 19.4 Å². The molecule has 1 aliphatic rings. The summed E-state index contributed by atoms with van der Waals surface area (Å²) in [5.41, 5.74) is -1.50. The van der Waals surface area contributed by atoms with Crippen LogP contribution in [0.25, 0.3) is 0 Å². The summed E-state index contributed by atoms with van der Waals surface area (Å²) < 4.78 is 47.9. The third-order valence-corrected chi connectivity index (χ3v) is 7.90. The molecule has 0 saturated carbocycles. The second-order valence-electron chi connectivity index (χ2n) is 8.34. The van der Waals surface area contributed by atoms with Crippen molar-refractivity contribution in [3.63, 3.8) is 0 Å². The number of H-pyrrole nitrogens is 1. The van der Waals surface area contributed by atoms with E-state index in [2.05, 4.69) is 26.0 Å². The van der Waals surface area contributed by atoms with Gasteiger partial charge in [0.1, 0.15) is 29.8 Å². The molecule has 1 fully saturated rings. The minimum Gasteiger partial charge on any atom is -0.462 e. The molecule has 37 heavy (non-hydrogen) atoms. The summed E-state index contributed by atoms with van der Waals surface area (Å²) in [7, 11) is -4.38. The highest BCUT2D eigenvalue weighted by Gasteiger charge is 2.55. The van der Waals surface area contributed by atoms with Crippen LogP contribution in [-0.4, -0.2) is 55.4 Å². The van der Waals surface area contributed by atoms with Gasteiger partial charge in [0.15, 0.2) is 10.0 Å². The van der Waals surface area contributed by atoms with Crippen LogP contribution < -0.4 is 20.9 Å². The Labute approximate surface area is 223 Å². The van der Waals surface area contributed by atoms with Crippen LogP contribution in [0.1, 0.15) is 27.0 Å². The zero-order valence-electron chi connectivity index (χ0n) is 19.8. The van der Waals surface area contributed by atoms with E-state index in [-0.39, 0.29) is 5.75 Å². The van der Waals surface area contributed by atoms with Crippen LogP contribution in [0, 0.1) is 5.82 Å². The summed E-state index contributed by atoms with van der Waals surface area (Å²) in [4.78, 5) is 37.9. The Morgan fingerprint density at radius 1 is 1.32 bits per heavy atom. The smallest absolute Gasteiger partial charge is 0.459 e. The van der Waals surface area contributed by atoms with Gasteiger partial charge in [0.25, 0.3) is 5.56 Å². The number of benzene rings is 1. The highest BCUT2D eigenvalue weighted by atomic mass is 79.9. The number of aliphatic hydroxyl groups excluding tert-OH is 1. The highest BCUT2D eigenvalue weighted by molar-refractivity contribution is 9.10. The monoisotopic (exact) mass is 627 g/mol. The number of alkyl halides is 2. The van der Waals surface area contributed by atoms with Crippen molar-refractivity contribution in [2.45, 2.75) is 55.1 Å². The minimum atomic E-state index is -4.38. The third kappa shape index (κ3) is 7.29. The third-order valence-electron chi connectivity index (χ3n) is 4.99. The van der Waals surface area contributed by atoms with Crippen molar-refractivity contribution >= 4 is 41.2 Å². The zero-order valence-corrected chi connectivity index (χ0v) is 23.0. The number of aromatic nitrogens is 2. The van der Waals surface area contributed by atoms with Crippen molar-refractivity contribution in [2.75, 3.05) is 6.61 Å². The lowest BCUT2D eigenvalue weighted by molar-refractivity contribution is -0.149. The molecule has 6 atom stereocenters. The molecule has 16 heteroatoms. The Bertz CT molecular complexity index is 1270. The van der Waals surface area contributed by atoms with Crippen molar-refractivity contribution in [2.24, 2.45) is 0 Å². The number of rotatable bonds is 10. The SMILES string of the molecule is CC(C)OC(=O)[C@H](C)NP(=O)(OC[C@H]1O[C@@H](n2ccc(=O)[nH]c2=O)[C@](Cl)(Br)[C@@H]1O)Oc1ccc(F)cc1. The van der Waals surface area contributed by atoms with Crippen LogP contribution in [0.5, 0.6) is 5.75 Å². The van der Waals surface area contributed by atoms with Crippen molar-refractivity contribution in [1.29, 1.82) is 0 Å². The lowest BCUT2D eigenvalue weighted by atomic mass is 10.2. The maximum atomic E-state index is 13.6. The second kappa shape index (κ2) is 11.8. The molecular weight excluding hydrogens is 604 g/mol. The minimum absolute atomic E-state index is 0.0422. The van der Waals surface area contributed by atoms with E-state index in [1.807, 2.05) is 0 Å². The van der Waals surface area contributed by atoms with Gasteiger partial charge in [-0.15, -0.1) is 0 Å². The van der Waals surface area contributed by atoms with E-state index in [1.165, 1.54) is 19.1 Å². The predicted molar refractivity (Wildman–Crippen MR) is 133 cm³/mol. The van der Waals surface area contributed by atoms with Crippen molar-refractivity contribution < 1.29 is 37.4 Å². The van der Waals surface area contributed by atoms with Gasteiger partial charge in [-0.25, -0.2) is 13.8 Å². The number of halogens is 3. The molecule has 0 amide bonds. The quantitative estimate of drug-likeness (QED) is 0.203. The molecule has 12 nitrogen and oxygen atoms in total. The van der Waals surface area contributed by atoms with E-state index in [1.54, 1.807) is 13.8 Å². The molecule has 0 radical (unpaired) electrons. The molecule has 0 aliphatic carbocycles. The largest absolute Gasteiger partial charge is 0.462 e. The summed E-state index contributed by atoms with van der Waals surface area (Å²) in [6.45, 7) is 4.05. The lowest BCUT2D eigenvalue weighted by Gasteiger charge is -2.25. The van der Waals surface area contributed by atoms with Crippen molar-refractivity contribution in [1.82, 2.24) is 14.6 Å². The molecule has 1 aromatic heterocycles. The van der Waals surface area contributed by atoms with E-state index in [9.17, 15) is 28.4 Å². The van der Waals surface area contributed by atoms with E-state index in [0.29, 0.717) is 0 Å². The molecule has 1 saturated heterocycles. The molecule has 2 aromatic rings. The van der Waals surface area contributed by atoms with Gasteiger partial charge in [-0.05, 0) is 45.0 Å². The van der Waals surface area contributed by atoms with E-state index >= 15 is 0 Å². The summed E-state index contributed by atoms with van der Waals surface area (Å²) in [6.07, 6.45) is -3.40. The molecular formula is C21H25BrClFN3O9P. The van der Waals surface area contributed by atoms with Gasteiger partial charge in [0.05, 0.1) is 12.7 Å². The van der Waals surface area contributed by atoms with Crippen molar-refractivity contribution in [3.8, 4) is 5.75 Å². The van der Waals surface area contributed by atoms with E-state index in [0.717, 1.165) is 29.0 Å². The Morgan fingerprint density at radius 2 is 1.97 bits per heavy atom. The number of nitrogens with one attached hydrogen (secondary N) is 2. The molecule has 3 N–H and O–H groups in total. The van der Waals surface area contributed by atoms with Crippen LogP contribution in [0.2, 0.25) is 0 Å². The first-order valence-electron chi connectivity index (χ1n) is 10.9. The Balaban J connectivity index is 1.81. The van der Waals surface area contributed by atoms with Crippen LogP contribution >= 0.6 is 35.3 Å². The Hall–Kier alpha value is -2.06. The molecule has 0 bridgehead atoms. The second-order valence-corrected chi connectivity index (χ2v) is 12.4. The number of aliphatic hydroxyl groups is 1. The lowest BCUT2D eigenvalue weighted by Crippen LogP contribution is -2.41. The van der Waals surface area contributed by atoms with Gasteiger partial charge < -0.3 is 19.1 Å². The number of carbonyl (C=O) groups is 1. The molecule has 1 aromatic carbocycles. The van der Waals surface area contributed by atoms with Gasteiger partial charge in [0.2, 0.25) is 0 Å². The van der Waals surface area contributed by atoms with Crippen LogP contribution in [0.3, 0.4) is 0 Å². The molecule has 204 valence electrons.